The topological polar surface area (TPSA) is 102 Å². The van der Waals surface area contributed by atoms with Crippen molar-refractivity contribution in [3.05, 3.63) is 60.7 Å². The summed E-state index contributed by atoms with van der Waals surface area (Å²) in [6, 6.07) is 16.5. The van der Waals surface area contributed by atoms with Gasteiger partial charge in [-0.1, -0.05) is 6.07 Å². The molecule has 0 atom stereocenters. The van der Waals surface area contributed by atoms with Gasteiger partial charge in [-0.05, 0) is 48.5 Å². The van der Waals surface area contributed by atoms with Crippen LogP contribution < -0.4 is 19.5 Å². The number of aromatic nitrogens is 2. The Morgan fingerprint density at radius 3 is 2.11 bits per heavy atom. The molecule has 0 bridgehead atoms. The zero-order chi connectivity index (χ0) is 19.3. The van der Waals surface area contributed by atoms with Crippen molar-refractivity contribution in [2.24, 2.45) is 0 Å². The van der Waals surface area contributed by atoms with E-state index in [9.17, 15) is 8.42 Å². The van der Waals surface area contributed by atoms with Gasteiger partial charge in [-0.25, -0.2) is 8.42 Å². The maximum Gasteiger partial charge on any atom is 0.263 e. The van der Waals surface area contributed by atoms with Crippen molar-refractivity contribution in [2.45, 2.75) is 4.90 Å². The van der Waals surface area contributed by atoms with Gasteiger partial charge < -0.3 is 14.8 Å². The van der Waals surface area contributed by atoms with Gasteiger partial charge in [-0.2, -0.15) is 0 Å². The Morgan fingerprint density at radius 2 is 1.48 bits per heavy atom. The smallest absolute Gasteiger partial charge is 0.263 e. The molecule has 0 fully saturated rings. The van der Waals surface area contributed by atoms with Crippen LogP contribution in [0.1, 0.15) is 0 Å². The van der Waals surface area contributed by atoms with Crippen molar-refractivity contribution in [2.75, 3.05) is 24.3 Å². The van der Waals surface area contributed by atoms with Crippen LogP contribution >= 0.6 is 0 Å². The van der Waals surface area contributed by atoms with Gasteiger partial charge >= 0.3 is 0 Å². The third kappa shape index (κ3) is 4.64. The number of hydrogen-bond donors (Lipinski definition) is 2. The fourth-order valence-electron chi connectivity index (χ4n) is 2.25. The number of sulfonamides is 1. The summed E-state index contributed by atoms with van der Waals surface area (Å²) in [5.74, 6) is 1.86. The molecule has 1 aromatic heterocycles. The summed E-state index contributed by atoms with van der Waals surface area (Å²) in [4.78, 5) is 0.101. The summed E-state index contributed by atoms with van der Waals surface area (Å²) in [5, 5.41) is 11.0. The van der Waals surface area contributed by atoms with E-state index in [2.05, 4.69) is 20.2 Å². The predicted octanol–water partition coefficient (Wildman–Crippen LogP) is 3.04. The van der Waals surface area contributed by atoms with Gasteiger partial charge in [0.15, 0.2) is 11.6 Å². The van der Waals surface area contributed by atoms with Crippen molar-refractivity contribution in [3.8, 4) is 11.5 Å². The van der Waals surface area contributed by atoms with E-state index in [-0.39, 0.29) is 10.7 Å². The van der Waals surface area contributed by atoms with Crippen LogP contribution in [0.3, 0.4) is 0 Å². The Hall–Kier alpha value is -3.33. The maximum absolute atomic E-state index is 12.4. The monoisotopic (exact) mass is 386 g/mol. The summed E-state index contributed by atoms with van der Waals surface area (Å²) in [6.07, 6.45) is 0. The van der Waals surface area contributed by atoms with Gasteiger partial charge in [-0.15, -0.1) is 10.2 Å². The van der Waals surface area contributed by atoms with Crippen LogP contribution in [0.5, 0.6) is 11.5 Å². The van der Waals surface area contributed by atoms with Gasteiger partial charge in [0.2, 0.25) is 0 Å². The molecule has 0 saturated heterocycles. The Labute approximate surface area is 157 Å². The third-order valence-corrected chi connectivity index (χ3v) is 4.99. The number of nitrogens with zero attached hydrogens (tertiary/aromatic N) is 2. The van der Waals surface area contributed by atoms with E-state index in [4.69, 9.17) is 9.47 Å². The van der Waals surface area contributed by atoms with E-state index in [1.165, 1.54) is 25.3 Å². The standard InChI is InChI=1S/C18H18N4O4S/c1-25-14-6-8-16(9-7-14)27(23,24)22-18-11-10-17(20-21-18)19-13-4-3-5-15(12-13)26-2/h3-12H,1-2H3,(H,19,20)(H,21,22). The first-order chi connectivity index (χ1) is 13.0. The molecule has 0 spiro atoms. The van der Waals surface area contributed by atoms with E-state index < -0.39 is 10.0 Å². The van der Waals surface area contributed by atoms with Gasteiger partial charge in [-0.3, -0.25) is 4.72 Å². The highest BCUT2D eigenvalue weighted by atomic mass is 32.2. The largest absolute Gasteiger partial charge is 0.497 e. The molecule has 2 N–H and O–H groups in total. The maximum atomic E-state index is 12.4. The van der Waals surface area contributed by atoms with E-state index in [1.54, 1.807) is 25.3 Å². The predicted molar refractivity (Wildman–Crippen MR) is 102 cm³/mol. The molecule has 0 radical (unpaired) electrons. The lowest BCUT2D eigenvalue weighted by molar-refractivity contribution is 0.414. The number of rotatable bonds is 7. The van der Waals surface area contributed by atoms with Crippen molar-refractivity contribution < 1.29 is 17.9 Å². The minimum atomic E-state index is -3.76. The molecule has 140 valence electrons. The van der Waals surface area contributed by atoms with Crippen molar-refractivity contribution in [1.82, 2.24) is 10.2 Å². The molecule has 0 aliphatic carbocycles. The van der Waals surface area contributed by atoms with Gasteiger partial charge in [0.25, 0.3) is 10.0 Å². The molecule has 0 saturated carbocycles. The second kappa shape index (κ2) is 7.92. The average Bonchev–Trinajstić information content (AvgIpc) is 2.69. The lowest BCUT2D eigenvalue weighted by Gasteiger charge is -2.09. The molecule has 1 heterocycles. The Balaban J connectivity index is 1.70. The molecule has 0 unspecified atom stereocenters. The fraction of sp³-hybridized carbons (Fsp3) is 0.111. The van der Waals surface area contributed by atoms with E-state index >= 15 is 0 Å². The SMILES string of the molecule is COc1ccc(S(=O)(=O)Nc2ccc(Nc3cccc(OC)c3)nn2)cc1. The second-order valence-electron chi connectivity index (χ2n) is 5.44. The molecule has 0 aliphatic rings. The lowest BCUT2D eigenvalue weighted by atomic mass is 10.3. The second-order valence-corrected chi connectivity index (χ2v) is 7.12. The van der Waals surface area contributed by atoms with Crippen LogP contribution in [0.4, 0.5) is 17.3 Å². The minimum Gasteiger partial charge on any atom is -0.497 e. The van der Waals surface area contributed by atoms with Crippen molar-refractivity contribution in [3.63, 3.8) is 0 Å². The third-order valence-electron chi connectivity index (χ3n) is 3.62. The van der Waals surface area contributed by atoms with Crippen LogP contribution in [0.25, 0.3) is 0 Å². The lowest BCUT2D eigenvalue weighted by Crippen LogP contribution is -2.14. The Morgan fingerprint density at radius 1 is 0.815 bits per heavy atom. The van der Waals surface area contributed by atoms with E-state index in [0.29, 0.717) is 17.3 Å². The van der Waals surface area contributed by atoms with E-state index in [1.807, 2.05) is 24.3 Å². The molecule has 2 aromatic carbocycles. The number of nitrogens with one attached hydrogen (secondary N) is 2. The van der Waals surface area contributed by atoms with Gasteiger partial charge in [0, 0.05) is 11.8 Å². The van der Waals surface area contributed by atoms with Crippen LogP contribution in [-0.2, 0) is 10.0 Å². The van der Waals surface area contributed by atoms with Gasteiger partial charge in [0.05, 0.1) is 19.1 Å². The summed E-state index contributed by atoms with van der Waals surface area (Å²) >= 11 is 0. The van der Waals surface area contributed by atoms with Crippen LogP contribution in [0, 0.1) is 0 Å². The zero-order valence-corrected chi connectivity index (χ0v) is 15.5. The number of methoxy groups -OCH3 is 2. The first kappa shape index (κ1) is 18.5. The molecule has 27 heavy (non-hydrogen) atoms. The molecule has 0 aliphatic heterocycles. The van der Waals surface area contributed by atoms with Crippen molar-refractivity contribution in [1.29, 1.82) is 0 Å². The number of ether oxygens (including phenoxy) is 2. The summed E-state index contributed by atoms with van der Waals surface area (Å²) < 4.78 is 37.4. The van der Waals surface area contributed by atoms with Crippen molar-refractivity contribution >= 4 is 27.3 Å². The highest BCUT2D eigenvalue weighted by Crippen LogP contribution is 2.21. The number of hydrogen-bond acceptors (Lipinski definition) is 7. The van der Waals surface area contributed by atoms with Crippen LogP contribution in [-0.4, -0.2) is 32.8 Å². The molecule has 8 nitrogen and oxygen atoms in total. The number of benzene rings is 2. The summed E-state index contributed by atoms with van der Waals surface area (Å²) in [6.45, 7) is 0. The first-order valence-corrected chi connectivity index (χ1v) is 9.40. The molecular formula is C18H18N4O4S. The molecule has 0 amide bonds. The van der Waals surface area contributed by atoms with E-state index in [0.717, 1.165) is 5.69 Å². The zero-order valence-electron chi connectivity index (χ0n) is 14.7. The Bertz CT molecular complexity index is 1010. The highest BCUT2D eigenvalue weighted by Gasteiger charge is 2.15. The van der Waals surface area contributed by atoms with Crippen LogP contribution in [0.15, 0.2) is 65.6 Å². The van der Waals surface area contributed by atoms with Gasteiger partial charge in [0.1, 0.15) is 11.5 Å². The normalized spacial score (nSPS) is 10.9. The number of anilines is 3. The highest BCUT2D eigenvalue weighted by molar-refractivity contribution is 7.92. The molecule has 3 aromatic rings. The minimum absolute atomic E-state index is 0.101. The summed E-state index contributed by atoms with van der Waals surface area (Å²) in [5.41, 5.74) is 0.773. The molecular weight excluding hydrogens is 368 g/mol. The molecule has 3 rings (SSSR count). The Kier molecular flexibility index (Phi) is 5.41. The molecule has 9 heteroatoms. The first-order valence-electron chi connectivity index (χ1n) is 7.92. The quantitative estimate of drug-likeness (QED) is 0.643. The van der Waals surface area contributed by atoms with Crippen LogP contribution in [0.2, 0.25) is 0 Å². The average molecular weight is 386 g/mol. The summed E-state index contributed by atoms with van der Waals surface area (Å²) in [7, 11) is -0.666. The fourth-order valence-corrected chi connectivity index (χ4v) is 3.25.